The molecule has 1 saturated heterocycles. The predicted molar refractivity (Wildman–Crippen MR) is 68.4 cm³/mol. The second kappa shape index (κ2) is 8.24. The van der Waals surface area contributed by atoms with Crippen molar-refractivity contribution in [2.24, 2.45) is 0 Å². The van der Waals surface area contributed by atoms with Crippen molar-refractivity contribution < 1.29 is 50.0 Å². The van der Waals surface area contributed by atoms with Crippen molar-refractivity contribution >= 4 is 6.29 Å². The zero-order chi connectivity index (χ0) is 17.0. The van der Waals surface area contributed by atoms with Crippen LogP contribution in [0.25, 0.3) is 0 Å². The van der Waals surface area contributed by atoms with E-state index in [0.29, 0.717) is 0 Å². The van der Waals surface area contributed by atoms with Crippen LogP contribution in [0.1, 0.15) is 6.92 Å². The molecule has 130 valence electrons. The molecule has 0 aliphatic carbocycles. The summed E-state index contributed by atoms with van der Waals surface area (Å²) in [5.41, 5.74) is 0. The van der Waals surface area contributed by atoms with Gasteiger partial charge in [-0.05, 0) is 6.92 Å². The Bertz CT molecular complexity index is 349. The first kappa shape index (κ1) is 19.4. The van der Waals surface area contributed by atoms with Gasteiger partial charge in [-0.15, -0.1) is 0 Å². The van der Waals surface area contributed by atoms with Crippen molar-refractivity contribution in [1.82, 2.24) is 0 Å². The molecule has 0 aromatic rings. The van der Waals surface area contributed by atoms with Crippen LogP contribution in [0.3, 0.4) is 0 Å². The van der Waals surface area contributed by atoms with Crippen LogP contribution in [0.2, 0.25) is 0 Å². The molecule has 1 rings (SSSR count). The Hall–Kier alpha value is -0.690. The van der Waals surface area contributed by atoms with E-state index in [9.17, 15) is 35.4 Å². The molecule has 0 aromatic carbocycles. The third kappa shape index (κ3) is 4.19. The van der Waals surface area contributed by atoms with Gasteiger partial charge in [0.05, 0.1) is 12.7 Å². The maximum atomic E-state index is 10.5. The highest BCUT2D eigenvalue weighted by Gasteiger charge is 2.46. The summed E-state index contributed by atoms with van der Waals surface area (Å²) < 4.78 is 10.2. The van der Waals surface area contributed by atoms with Crippen LogP contribution >= 0.6 is 0 Å². The van der Waals surface area contributed by atoms with Gasteiger partial charge in [0.2, 0.25) is 0 Å². The SMILES string of the molecule is C[C@H](O)[C@H](O[C@H]1O[C@H](CO)[C@H](O)[C@H](O)[C@H]1O)[C@@H](O)[C@@H](O)C=O. The minimum atomic E-state index is -1.84. The number of aliphatic hydroxyl groups is 7. The summed E-state index contributed by atoms with van der Waals surface area (Å²) in [5, 5.41) is 66.7. The fourth-order valence-corrected chi connectivity index (χ4v) is 2.09. The summed E-state index contributed by atoms with van der Waals surface area (Å²) in [5.74, 6) is 0. The second-order valence-electron chi connectivity index (χ2n) is 5.16. The molecule has 10 heteroatoms. The van der Waals surface area contributed by atoms with Crippen LogP contribution in [-0.2, 0) is 14.3 Å². The van der Waals surface area contributed by atoms with Gasteiger partial charge in [0.15, 0.2) is 12.6 Å². The Morgan fingerprint density at radius 3 is 2.18 bits per heavy atom. The summed E-state index contributed by atoms with van der Waals surface area (Å²) in [4.78, 5) is 10.5. The van der Waals surface area contributed by atoms with Crippen LogP contribution < -0.4 is 0 Å². The van der Waals surface area contributed by atoms with Crippen molar-refractivity contribution in [2.45, 2.75) is 62.0 Å². The molecule has 0 bridgehead atoms. The average Bonchev–Trinajstić information content (AvgIpc) is 2.50. The predicted octanol–water partition coefficient (Wildman–Crippen LogP) is -4.53. The summed E-state index contributed by atoms with van der Waals surface area (Å²) in [6, 6.07) is 0. The minimum absolute atomic E-state index is 0.0384. The van der Waals surface area contributed by atoms with Gasteiger partial charge in [0.25, 0.3) is 0 Å². The first-order valence-corrected chi connectivity index (χ1v) is 6.70. The van der Waals surface area contributed by atoms with Crippen molar-refractivity contribution in [3.05, 3.63) is 0 Å². The number of carbonyl (C=O) groups excluding carboxylic acids is 1. The fourth-order valence-electron chi connectivity index (χ4n) is 2.09. The number of aldehydes is 1. The monoisotopic (exact) mass is 326 g/mol. The van der Waals surface area contributed by atoms with Crippen molar-refractivity contribution in [3.8, 4) is 0 Å². The lowest BCUT2D eigenvalue weighted by molar-refractivity contribution is -0.324. The van der Waals surface area contributed by atoms with E-state index in [1.165, 1.54) is 6.92 Å². The van der Waals surface area contributed by atoms with Crippen molar-refractivity contribution in [3.63, 3.8) is 0 Å². The van der Waals surface area contributed by atoms with Crippen LogP contribution in [0.15, 0.2) is 0 Å². The van der Waals surface area contributed by atoms with E-state index >= 15 is 0 Å². The first-order chi connectivity index (χ1) is 10.2. The number of hydrogen-bond donors (Lipinski definition) is 7. The Kier molecular flexibility index (Phi) is 7.25. The second-order valence-corrected chi connectivity index (χ2v) is 5.16. The quantitative estimate of drug-likeness (QED) is 0.225. The molecule has 10 nitrogen and oxygen atoms in total. The van der Waals surface area contributed by atoms with Crippen molar-refractivity contribution in [1.29, 1.82) is 0 Å². The van der Waals surface area contributed by atoms with E-state index in [-0.39, 0.29) is 6.29 Å². The Labute approximate surface area is 126 Å². The lowest BCUT2D eigenvalue weighted by Gasteiger charge is -2.41. The molecule has 1 aliphatic heterocycles. The van der Waals surface area contributed by atoms with Gasteiger partial charge in [-0.3, -0.25) is 0 Å². The van der Waals surface area contributed by atoms with E-state index in [1.54, 1.807) is 0 Å². The summed E-state index contributed by atoms with van der Waals surface area (Å²) >= 11 is 0. The fraction of sp³-hybridized carbons (Fsp3) is 0.917. The molecule has 0 saturated carbocycles. The van der Waals surface area contributed by atoms with Crippen LogP contribution in [0.5, 0.6) is 0 Å². The number of ether oxygens (including phenoxy) is 2. The molecule has 1 aliphatic rings. The summed E-state index contributed by atoms with van der Waals surface area (Å²) in [6.45, 7) is 0.527. The van der Waals surface area contributed by atoms with Crippen LogP contribution in [0, 0.1) is 0 Å². The molecule has 1 heterocycles. The van der Waals surface area contributed by atoms with Gasteiger partial charge >= 0.3 is 0 Å². The van der Waals surface area contributed by atoms with Crippen molar-refractivity contribution in [2.75, 3.05) is 6.61 Å². The number of rotatable bonds is 7. The van der Waals surface area contributed by atoms with E-state index in [1.807, 2.05) is 0 Å². The van der Waals surface area contributed by atoms with Gasteiger partial charge in [-0.25, -0.2) is 0 Å². The number of carbonyl (C=O) groups is 1. The van der Waals surface area contributed by atoms with Gasteiger partial charge < -0.3 is 50.0 Å². The van der Waals surface area contributed by atoms with E-state index in [0.717, 1.165) is 0 Å². The third-order valence-electron chi connectivity index (χ3n) is 3.44. The minimum Gasteiger partial charge on any atom is -0.394 e. The number of aliphatic hydroxyl groups excluding tert-OH is 7. The van der Waals surface area contributed by atoms with Gasteiger partial charge in [-0.2, -0.15) is 0 Å². The molecule has 1 fully saturated rings. The summed E-state index contributed by atoms with van der Waals surface area (Å²) in [6.07, 6.45) is -14.4. The lowest BCUT2D eigenvalue weighted by Crippen LogP contribution is -2.61. The molecule has 22 heavy (non-hydrogen) atoms. The Morgan fingerprint density at radius 2 is 1.73 bits per heavy atom. The molecule has 0 amide bonds. The number of hydrogen-bond acceptors (Lipinski definition) is 10. The molecule has 0 aromatic heterocycles. The molecule has 0 radical (unpaired) electrons. The lowest BCUT2D eigenvalue weighted by atomic mass is 9.98. The van der Waals surface area contributed by atoms with Gasteiger partial charge in [-0.1, -0.05) is 0 Å². The standard InChI is InChI=1S/C12H22O10/c1-4(15)11(7(17)5(16)2-13)22-12-10(20)9(19)8(18)6(3-14)21-12/h2,4-12,14-20H,3H2,1H3/t4-,5-,6+,7-,8-,9-,10+,11-,12+/m0/s1. The largest absolute Gasteiger partial charge is 0.394 e. The highest BCUT2D eigenvalue weighted by atomic mass is 16.7. The smallest absolute Gasteiger partial charge is 0.187 e. The molecular formula is C12H22O10. The topological polar surface area (TPSA) is 177 Å². The highest BCUT2D eigenvalue weighted by Crippen LogP contribution is 2.24. The molecule has 0 unspecified atom stereocenters. The first-order valence-electron chi connectivity index (χ1n) is 6.70. The zero-order valence-electron chi connectivity index (χ0n) is 11.8. The van der Waals surface area contributed by atoms with E-state index in [2.05, 4.69) is 0 Å². The van der Waals surface area contributed by atoms with E-state index < -0.39 is 61.7 Å². The summed E-state index contributed by atoms with van der Waals surface area (Å²) in [7, 11) is 0. The zero-order valence-corrected chi connectivity index (χ0v) is 11.8. The van der Waals surface area contributed by atoms with Crippen LogP contribution in [-0.4, -0.2) is 104 Å². The molecule has 9 atom stereocenters. The third-order valence-corrected chi connectivity index (χ3v) is 3.44. The average molecular weight is 326 g/mol. The normalized spacial score (nSPS) is 38.1. The van der Waals surface area contributed by atoms with E-state index in [4.69, 9.17) is 14.6 Å². The van der Waals surface area contributed by atoms with Gasteiger partial charge in [0, 0.05) is 0 Å². The molecule has 0 spiro atoms. The molecule has 7 N–H and O–H groups in total. The maximum Gasteiger partial charge on any atom is 0.187 e. The highest BCUT2D eigenvalue weighted by molar-refractivity contribution is 5.56. The maximum absolute atomic E-state index is 10.5. The van der Waals surface area contributed by atoms with Gasteiger partial charge in [0.1, 0.15) is 42.7 Å². The Morgan fingerprint density at radius 1 is 1.14 bits per heavy atom. The van der Waals surface area contributed by atoms with Crippen LogP contribution in [0.4, 0.5) is 0 Å². The molecular weight excluding hydrogens is 304 g/mol. The Balaban J connectivity index is 2.85.